The Bertz CT molecular complexity index is 760. The summed E-state index contributed by atoms with van der Waals surface area (Å²) in [5.74, 6) is 2.06. The third kappa shape index (κ3) is 6.45. The van der Waals surface area contributed by atoms with Crippen LogP contribution in [-0.2, 0) is 4.79 Å². The molecule has 0 bridgehead atoms. The van der Waals surface area contributed by atoms with Gasteiger partial charge in [0, 0.05) is 12.3 Å². The maximum Gasteiger partial charge on any atom is 0.140 e. The first-order valence-corrected chi connectivity index (χ1v) is 12.1. The van der Waals surface area contributed by atoms with E-state index in [1.807, 2.05) is 0 Å². The normalized spacial score (nSPS) is 19.1. The van der Waals surface area contributed by atoms with Gasteiger partial charge in [-0.1, -0.05) is 88.8 Å². The van der Waals surface area contributed by atoms with Crippen molar-refractivity contribution in [2.45, 2.75) is 84.0 Å². The second-order valence-electron chi connectivity index (χ2n) is 8.84. The molecule has 3 rings (SSSR count). The largest absolute Gasteiger partial charge is 0.494 e. The molecule has 2 heteroatoms. The molecule has 0 aromatic heterocycles. The van der Waals surface area contributed by atoms with E-state index in [1.165, 1.54) is 55.2 Å². The van der Waals surface area contributed by atoms with Crippen LogP contribution >= 0.6 is 0 Å². The second-order valence-corrected chi connectivity index (χ2v) is 8.84. The number of Topliss-reactive ketones (excluding diaryl/α,β-unsaturated/α-hetero) is 1. The molecule has 0 amide bonds. The number of benzene rings is 2. The number of rotatable bonds is 11. The summed E-state index contributed by atoms with van der Waals surface area (Å²) in [5, 5.41) is 0. The lowest BCUT2D eigenvalue weighted by molar-refractivity contribution is -0.123. The van der Waals surface area contributed by atoms with Crippen LogP contribution < -0.4 is 4.74 Å². The van der Waals surface area contributed by atoms with Gasteiger partial charge in [0.25, 0.3) is 0 Å². The summed E-state index contributed by atoms with van der Waals surface area (Å²) in [6, 6.07) is 17.0. The molecule has 30 heavy (non-hydrogen) atoms. The minimum Gasteiger partial charge on any atom is -0.494 e. The van der Waals surface area contributed by atoms with Gasteiger partial charge in [-0.25, -0.2) is 0 Å². The van der Waals surface area contributed by atoms with Crippen LogP contribution in [0.3, 0.4) is 0 Å². The van der Waals surface area contributed by atoms with E-state index < -0.39 is 0 Å². The van der Waals surface area contributed by atoms with Gasteiger partial charge in [-0.05, 0) is 54.0 Å². The van der Waals surface area contributed by atoms with Gasteiger partial charge < -0.3 is 4.74 Å². The molecule has 0 radical (unpaired) electrons. The van der Waals surface area contributed by atoms with Crippen LogP contribution in [0.2, 0.25) is 0 Å². The average molecular weight is 407 g/mol. The predicted octanol–water partition coefficient (Wildman–Crippen LogP) is 7.96. The van der Waals surface area contributed by atoms with Crippen LogP contribution in [0.25, 0.3) is 11.1 Å². The molecule has 0 unspecified atom stereocenters. The predicted molar refractivity (Wildman–Crippen MR) is 126 cm³/mol. The summed E-state index contributed by atoms with van der Waals surface area (Å²) in [5.41, 5.74) is 3.56. The Morgan fingerprint density at radius 3 is 2.07 bits per heavy atom. The zero-order valence-corrected chi connectivity index (χ0v) is 18.9. The lowest BCUT2D eigenvalue weighted by Gasteiger charge is -2.27. The molecule has 0 N–H and O–H groups in total. The Balaban J connectivity index is 1.49. The lowest BCUT2D eigenvalue weighted by Crippen LogP contribution is -2.23. The van der Waals surface area contributed by atoms with Crippen molar-refractivity contribution in [3.63, 3.8) is 0 Å². The van der Waals surface area contributed by atoms with Gasteiger partial charge in [0.2, 0.25) is 0 Å². The highest BCUT2D eigenvalue weighted by Crippen LogP contribution is 2.35. The van der Waals surface area contributed by atoms with E-state index in [0.717, 1.165) is 38.0 Å². The molecule has 1 saturated carbocycles. The molecule has 0 spiro atoms. The highest BCUT2D eigenvalue weighted by atomic mass is 16.5. The van der Waals surface area contributed by atoms with Gasteiger partial charge in [-0.15, -0.1) is 0 Å². The van der Waals surface area contributed by atoms with Gasteiger partial charge in [-0.3, -0.25) is 4.79 Å². The van der Waals surface area contributed by atoms with Crippen molar-refractivity contribution in [1.29, 1.82) is 0 Å². The van der Waals surface area contributed by atoms with Gasteiger partial charge in [0.15, 0.2) is 0 Å². The van der Waals surface area contributed by atoms with E-state index >= 15 is 0 Å². The van der Waals surface area contributed by atoms with Crippen molar-refractivity contribution in [3.05, 3.63) is 54.1 Å². The number of carbonyl (C=O) groups is 1. The van der Waals surface area contributed by atoms with Crippen molar-refractivity contribution < 1.29 is 9.53 Å². The third-order valence-corrected chi connectivity index (χ3v) is 6.59. The van der Waals surface area contributed by atoms with E-state index in [-0.39, 0.29) is 5.92 Å². The summed E-state index contributed by atoms with van der Waals surface area (Å²) in [7, 11) is 0. The molecule has 1 aliphatic rings. The van der Waals surface area contributed by atoms with E-state index in [1.54, 1.807) is 0 Å². The molecule has 1 fully saturated rings. The Kier molecular flexibility index (Phi) is 8.99. The van der Waals surface area contributed by atoms with Crippen LogP contribution in [0.1, 0.15) is 89.5 Å². The fourth-order valence-corrected chi connectivity index (χ4v) is 4.52. The van der Waals surface area contributed by atoms with Crippen molar-refractivity contribution in [2.24, 2.45) is 5.92 Å². The molecular formula is C28H38O2. The maximum atomic E-state index is 12.5. The fraction of sp³-hybridized carbons (Fsp3) is 0.536. The molecule has 162 valence electrons. The molecule has 2 aromatic carbocycles. The number of hydrogen-bond acceptors (Lipinski definition) is 2. The van der Waals surface area contributed by atoms with Crippen molar-refractivity contribution in [1.82, 2.24) is 0 Å². The minimum absolute atomic E-state index is 0.0969. The summed E-state index contributed by atoms with van der Waals surface area (Å²) in [6.07, 6.45) is 11.7. The average Bonchev–Trinajstić information content (AvgIpc) is 2.79. The van der Waals surface area contributed by atoms with Gasteiger partial charge in [0.05, 0.1) is 6.61 Å². The summed E-state index contributed by atoms with van der Waals surface area (Å²) < 4.78 is 5.89. The maximum absolute atomic E-state index is 12.5. The number of carbonyl (C=O) groups excluding carboxylic acids is 1. The van der Waals surface area contributed by atoms with Gasteiger partial charge in [0.1, 0.15) is 11.5 Å². The third-order valence-electron chi connectivity index (χ3n) is 6.59. The molecule has 2 aromatic rings. The summed E-state index contributed by atoms with van der Waals surface area (Å²) in [4.78, 5) is 12.5. The molecular weight excluding hydrogens is 368 g/mol. The fourth-order valence-electron chi connectivity index (χ4n) is 4.52. The van der Waals surface area contributed by atoms with Crippen LogP contribution in [0.15, 0.2) is 48.5 Å². The minimum atomic E-state index is 0.0969. The summed E-state index contributed by atoms with van der Waals surface area (Å²) in [6.45, 7) is 5.24. The monoisotopic (exact) mass is 406 g/mol. The second kappa shape index (κ2) is 11.9. The highest BCUT2D eigenvalue weighted by molar-refractivity contribution is 5.86. The summed E-state index contributed by atoms with van der Waals surface area (Å²) >= 11 is 0. The Morgan fingerprint density at radius 1 is 0.800 bits per heavy atom. The SMILES string of the molecule is CCCCCCCCOc1ccc(-c2ccc([C@H]3CC[C@H](CC)CC3=O)cc2)cc1. The molecule has 0 heterocycles. The van der Waals surface area contributed by atoms with Crippen LogP contribution in [-0.4, -0.2) is 12.4 Å². The van der Waals surface area contributed by atoms with Crippen LogP contribution in [0.5, 0.6) is 5.75 Å². The quantitative estimate of drug-likeness (QED) is 0.354. The van der Waals surface area contributed by atoms with Crippen molar-refractivity contribution in [3.8, 4) is 16.9 Å². The highest BCUT2D eigenvalue weighted by Gasteiger charge is 2.28. The standard InChI is InChI=1S/C28H38O2/c1-3-5-6-7-8-9-20-30-26-17-15-24(16-18-26)23-11-13-25(14-12-23)27-19-10-22(4-2)21-28(27)29/h11-18,22,27H,3-10,19-21H2,1-2H3/t22-,27+/m0/s1. The number of ether oxygens (including phenoxy) is 1. The first kappa shape index (κ1) is 22.6. The van der Waals surface area contributed by atoms with E-state index in [2.05, 4.69) is 62.4 Å². The molecule has 2 atom stereocenters. The van der Waals surface area contributed by atoms with Gasteiger partial charge in [-0.2, -0.15) is 0 Å². The molecule has 0 saturated heterocycles. The van der Waals surface area contributed by atoms with E-state index in [0.29, 0.717) is 11.7 Å². The number of unbranched alkanes of at least 4 members (excludes halogenated alkanes) is 5. The Labute approximate surface area is 183 Å². The van der Waals surface area contributed by atoms with Gasteiger partial charge >= 0.3 is 0 Å². The topological polar surface area (TPSA) is 26.3 Å². The van der Waals surface area contributed by atoms with E-state index in [4.69, 9.17) is 4.74 Å². The first-order chi connectivity index (χ1) is 14.7. The lowest BCUT2D eigenvalue weighted by atomic mass is 9.77. The van der Waals surface area contributed by atoms with Crippen molar-refractivity contribution in [2.75, 3.05) is 6.61 Å². The smallest absolute Gasteiger partial charge is 0.140 e. The first-order valence-electron chi connectivity index (χ1n) is 12.1. The number of ketones is 1. The zero-order chi connectivity index (χ0) is 21.2. The van der Waals surface area contributed by atoms with Crippen LogP contribution in [0.4, 0.5) is 0 Å². The van der Waals surface area contributed by atoms with E-state index in [9.17, 15) is 4.79 Å². The molecule has 2 nitrogen and oxygen atoms in total. The molecule has 0 aliphatic heterocycles. The van der Waals surface area contributed by atoms with Crippen molar-refractivity contribution >= 4 is 5.78 Å². The Hall–Kier alpha value is -2.09. The van der Waals surface area contributed by atoms with Crippen LogP contribution in [0, 0.1) is 5.92 Å². The Morgan fingerprint density at radius 2 is 1.43 bits per heavy atom. The number of hydrogen-bond donors (Lipinski definition) is 0. The molecule has 1 aliphatic carbocycles. The zero-order valence-electron chi connectivity index (χ0n) is 18.9.